The molecular formula is C44H49ClN8O4. The van der Waals surface area contributed by atoms with Crippen LogP contribution < -0.4 is 24.9 Å². The highest BCUT2D eigenvalue weighted by Gasteiger charge is 2.46. The largest absolute Gasteiger partial charge is 0.371 e. The number of hydrogen-bond donors (Lipinski definition) is 1. The van der Waals surface area contributed by atoms with Crippen molar-refractivity contribution in [1.82, 2.24) is 15.1 Å². The van der Waals surface area contributed by atoms with E-state index >= 15 is 0 Å². The fourth-order valence-electron chi connectivity index (χ4n) is 10.3. The van der Waals surface area contributed by atoms with E-state index < -0.39 is 23.8 Å². The first-order valence-electron chi connectivity index (χ1n) is 20.4. The smallest absolute Gasteiger partial charge is 0.262 e. The van der Waals surface area contributed by atoms with Gasteiger partial charge in [-0.05, 0) is 112 Å². The monoisotopic (exact) mass is 788 g/mol. The van der Waals surface area contributed by atoms with E-state index in [1.54, 1.807) is 12.1 Å². The summed E-state index contributed by atoms with van der Waals surface area (Å²) in [5.41, 5.74) is 6.02. The predicted molar refractivity (Wildman–Crippen MR) is 220 cm³/mol. The minimum atomic E-state index is -0.964. The quantitative estimate of drug-likeness (QED) is 0.316. The van der Waals surface area contributed by atoms with Crippen LogP contribution in [0.3, 0.4) is 0 Å². The zero-order chi connectivity index (χ0) is 39.6. The van der Waals surface area contributed by atoms with Crippen LogP contribution in [-0.4, -0.2) is 110 Å². The topological polar surface area (TPSA) is 124 Å². The first kappa shape index (κ1) is 37.5. The average Bonchev–Trinajstić information content (AvgIpc) is 3.65. The molecule has 0 radical (unpaired) electrons. The Morgan fingerprint density at radius 1 is 0.825 bits per heavy atom. The number of nitrogens with one attached hydrogen (secondary N) is 1. The summed E-state index contributed by atoms with van der Waals surface area (Å²) in [4.78, 5) is 63.9. The lowest BCUT2D eigenvalue weighted by molar-refractivity contribution is -0.136. The molecule has 57 heavy (non-hydrogen) atoms. The molecule has 296 valence electrons. The Morgan fingerprint density at radius 2 is 1.47 bits per heavy atom. The van der Waals surface area contributed by atoms with Gasteiger partial charge in [-0.3, -0.25) is 34.3 Å². The number of likely N-dealkylation sites (N-methyl/N-ethyl adjacent to an activating group) is 1. The molecule has 5 fully saturated rings. The van der Waals surface area contributed by atoms with Crippen molar-refractivity contribution in [2.75, 3.05) is 72.5 Å². The van der Waals surface area contributed by atoms with Crippen molar-refractivity contribution in [1.29, 1.82) is 5.26 Å². The number of carbonyl (C=O) groups excluding carboxylic acids is 4. The molecule has 3 aromatic carbocycles. The Kier molecular flexibility index (Phi) is 9.64. The van der Waals surface area contributed by atoms with Gasteiger partial charge in [-0.1, -0.05) is 11.6 Å². The number of benzene rings is 3. The van der Waals surface area contributed by atoms with Gasteiger partial charge in [0.25, 0.3) is 11.8 Å². The van der Waals surface area contributed by atoms with E-state index in [9.17, 15) is 24.4 Å². The maximum atomic E-state index is 13.4. The van der Waals surface area contributed by atoms with Gasteiger partial charge in [0.1, 0.15) is 12.1 Å². The Bertz CT molecular complexity index is 2150. The molecular weight excluding hydrogens is 740 g/mol. The molecule has 1 N–H and O–H groups in total. The van der Waals surface area contributed by atoms with E-state index in [1.807, 2.05) is 31.3 Å². The first-order chi connectivity index (χ1) is 27.5. The normalized spacial score (nSPS) is 24.2. The zero-order valence-corrected chi connectivity index (χ0v) is 33.4. The lowest BCUT2D eigenvalue weighted by Crippen LogP contribution is -2.63. The molecule has 0 aromatic heterocycles. The molecule has 0 saturated carbocycles. The molecule has 13 heteroatoms. The van der Waals surface area contributed by atoms with Crippen molar-refractivity contribution in [3.05, 3.63) is 82.4 Å². The second-order valence-corrected chi connectivity index (χ2v) is 17.5. The van der Waals surface area contributed by atoms with Gasteiger partial charge in [0.05, 0.1) is 27.8 Å². The molecule has 0 bridgehead atoms. The first-order valence-corrected chi connectivity index (χ1v) is 20.8. The molecule has 4 amide bonds. The molecule has 1 unspecified atom stereocenters. The van der Waals surface area contributed by atoms with Gasteiger partial charge in [-0.2, -0.15) is 5.26 Å². The van der Waals surface area contributed by atoms with Crippen LogP contribution in [0, 0.1) is 16.7 Å². The lowest BCUT2D eigenvalue weighted by atomic mass is 9.76. The summed E-state index contributed by atoms with van der Waals surface area (Å²) in [7, 11) is 2.04. The van der Waals surface area contributed by atoms with E-state index in [4.69, 9.17) is 11.6 Å². The molecule has 3 aromatic rings. The molecule has 6 heterocycles. The summed E-state index contributed by atoms with van der Waals surface area (Å²) in [6, 6.07) is 22.8. The summed E-state index contributed by atoms with van der Waals surface area (Å²) >= 11 is 6.39. The minimum absolute atomic E-state index is 0.100. The van der Waals surface area contributed by atoms with Crippen LogP contribution in [0.15, 0.2) is 60.7 Å². The maximum Gasteiger partial charge on any atom is 0.262 e. The van der Waals surface area contributed by atoms with Gasteiger partial charge < -0.3 is 19.6 Å². The summed E-state index contributed by atoms with van der Waals surface area (Å²) in [5, 5.41) is 12.1. The van der Waals surface area contributed by atoms with Crippen LogP contribution in [0.4, 0.5) is 22.7 Å². The number of carbonyl (C=O) groups is 4. The van der Waals surface area contributed by atoms with Crippen LogP contribution >= 0.6 is 11.6 Å². The third kappa shape index (κ3) is 6.78. The van der Waals surface area contributed by atoms with Gasteiger partial charge in [-0.25, -0.2) is 0 Å². The zero-order valence-electron chi connectivity index (χ0n) is 32.6. The van der Waals surface area contributed by atoms with Crippen molar-refractivity contribution in [3.8, 4) is 6.07 Å². The maximum absolute atomic E-state index is 13.4. The van der Waals surface area contributed by atoms with Crippen molar-refractivity contribution >= 4 is 58.0 Å². The van der Waals surface area contributed by atoms with E-state index in [-0.39, 0.29) is 18.7 Å². The highest BCUT2D eigenvalue weighted by molar-refractivity contribution is 6.32. The summed E-state index contributed by atoms with van der Waals surface area (Å²) in [5.74, 6) is -1.94. The third-order valence-corrected chi connectivity index (χ3v) is 14.1. The number of nitriles is 1. The van der Waals surface area contributed by atoms with Crippen LogP contribution in [-0.2, 0) is 9.59 Å². The van der Waals surface area contributed by atoms with Gasteiger partial charge in [-0.15, -0.1) is 0 Å². The number of piperidine rings is 3. The number of nitrogens with zero attached hydrogens (tertiary/aromatic N) is 7. The average molecular weight is 789 g/mol. The van der Waals surface area contributed by atoms with E-state index in [2.05, 4.69) is 67.1 Å². The van der Waals surface area contributed by atoms with Crippen LogP contribution in [0.1, 0.15) is 78.1 Å². The molecule has 6 aliphatic rings. The molecule has 2 atom stereocenters. The molecule has 0 aliphatic carbocycles. The summed E-state index contributed by atoms with van der Waals surface area (Å²) in [6.45, 7) is 9.39. The molecule has 1 spiro atoms. The predicted octanol–water partition coefficient (Wildman–Crippen LogP) is 5.29. The molecule has 6 aliphatic heterocycles. The summed E-state index contributed by atoms with van der Waals surface area (Å²) in [6.07, 6.45) is 5.98. The number of hydrogen-bond acceptors (Lipinski definition) is 10. The third-order valence-electron chi connectivity index (χ3n) is 13.8. The van der Waals surface area contributed by atoms with Crippen LogP contribution in [0.25, 0.3) is 0 Å². The van der Waals surface area contributed by atoms with E-state index in [0.29, 0.717) is 45.3 Å². The highest BCUT2D eigenvalue weighted by atomic mass is 35.5. The Hall–Kier alpha value is -5.12. The second-order valence-electron chi connectivity index (χ2n) is 17.1. The molecule has 9 rings (SSSR count). The standard InChI is InChI=1S/C44H49ClN8O4/c1-28-23-44(27-52(28)34-4-3-29(24-46)38(45)22-34)15-19-50(20-16-44)31-7-5-30(6-8-31)49-17-13-32(14-18-49)51-25-35(26-51)48(2)33-9-10-36-37(21-33)43(57)53(42(36)56)39-11-12-40(54)47-41(39)55/h3-10,21-22,28,32,35,39H,11-20,23,25-27H2,1-2H3,(H,47,54,55)/t28-,39?/m0/s1. The highest BCUT2D eigenvalue weighted by Crippen LogP contribution is 2.46. The van der Waals surface area contributed by atoms with Gasteiger partial charge >= 0.3 is 0 Å². The van der Waals surface area contributed by atoms with Gasteiger partial charge in [0.15, 0.2) is 0 Å². The fraction of sp³-hybridized carbons (Fsp3) is 0.477. The Labute approximate surface area is 338 Å². The fourth-order valence-corrected chi connectivity index (χ4v) is 10.5. The molecule has 12 nitrogen and oxygen atoms in total. The van der Waals surface area contributed by atoms with Crippen molar-refractivity contribution < 1.29 is 19.2 Å². The van der Waals surface area contributed by atoms with Gasteiger partial charge in [0, 0.05) is 94.1 Å². The van der Waals surface area contributed by atoms with Crippen molar-refractivity contribution in [2.24, 2.45) is 5.41 Å². The lowest BCUT2D eigenvalue weighted by Gasteiger charge is -2.50. The number of anilines is 4. The molecule has 5 saturated heterocycles. The number of fused-ring (bicyclic) bond motifs is 1. The SMILES string of the molecule is C[C@H]1CC2(CCN(c3ccc(N4CCC(N5CC(N(C)c6ccc7c(c6)C(=O)N(C6CCC(=O)NC6=O)C7=O)C5)CC4)cc3)CC2)CN1c1ccc(C#N)c(Cl)c1. The Morgan fingerprint density at radius 3 is 2.12 bits per heavy atom. The Balaban J connectivity index is 0.738. The minimum Gasteiger partial charge on any atom is -0.371 e. The van der Waals surface area contributed by atoms with Crippen LogP contribution in [0.2, 0.25) is 5.02 Å². The van der Waals surface area contributed by atoms with Crippen molar-refractivity contribution in [2.45, 2.75) is 76.0 Å². The number of imide groups is 2. The number of likely N-dealkylation sites (tertiary alicyclic amines) is 1. The number of amides is 4. The number of rotatable bonds is 7. The number of halogens is 1. The van der Waals surface area contributed by atoms with Crippen LogP contribution in [0.5, 0.6) is 0 Å². The van der Waals surface area contributed by atoms with Crippen molar-refractivity contribution in [3.63, 3.8) is 0 Å². The van der Waals surface area contributed by atoms with E-state index in [0.717, 1.165) is 74.9 Å². The second kappa shape index (κ2) is 14.7. The van der Waals surface area contributed by atoms with Gasteiger partial charge in [0.2, 0.25) is 11.8 Å². The summed E-state index contributed by atoms with van der Waals surface area (Å²) < 4.78 is 0. The van der Waals surface area contributed by atoms with E-state index in [1.165, 1.54) is 30.6 Å².